The minimum absolute atomic E-state index is 0.0324. The molecule has 0 saturated heterocycles. The maximum absolute atomic E-state index is 13.3. The first kappa shape index (κ1) is 19.3. The van der Waals surface area contributed by atoms with Gasteiger partial charge in [0.25, 0.3) is 10.0 Å². The fourth-order valence-electron chi connectivity index (χ4n) is 2.64. The van der Waals surface area contributed by atoms with Gasteiger partial charge in [0.1, 0.15) is 19.8 Å². The van der Waals surface area contributed by atoms with Crippen molar-refractivity contribution in [2.75, 3.05) is 31.2 Å². The molecule has 27 heavy (non-hydrogen) atoms. The van der Waals surface area contributed by atoms with Crippen molar-refractivity contribution in [3.63, 3.8) is 0 Å². The van der Waals surface area contributed by atoms with Crippen LogP contribution in [0.1, 0.15) is 5.56 Å². The lowest BCUT2D eigenvalue weighted by Gasteiger charge is -2.26. The molecule has 1 aliphatic rings. The SMILES string of the molecule is COC(=O)CN(c1cc(Cl)ccc1C)S(=O)(=O)c1ccc2c(c1)OCCO2. The summed E-state index contributed by atoms with van der Waals surface area (Å²) in [5, 5.41) is 0.350. The lowest BCUT2D eigenvalue weighted by atomic mass is 10.2. The Labute approximate surface area is 162 Å². The summed E-state index contributed by atoms with van der Waals surface area (Å²) in [5.41, 5.74) is 0.937. The maximum Gasteiger partial charge on any atom is 0.326 e. The first-order valence-electron chi connectivity index (χ1n) is 8.08. The van der Waals surface area contributed by atoms with E-state index in [1.807, 2.05) is 0 Å². The van der Waals surface area contributed by atoms with Crippen molar-refractivity contribution in [3.8, 4) is 11.5 Å². The van der Waals surface area contributed by atoms with Crippen LogP contribution in [0.5, 0.6) is 11.5 Å². The predicted octanol–water partition coefficient (Wildman–Crippen LogP) is 2.79. The molecule has 0 fully saturated rings. The quantitative estimate of drug-likeness (QED) is 0.703. The van der Waals surface area contributed by atoms with E-state index in [-0.39, 0.29) is 4.90 Å². The molecule has 0 radical (unpaired) electrons. The number of methoxy groups -OCH3 is 1. The Hall–Kier alpha value is -2.45. The van der Waals surface area contributed by atoms with Gasteiger partial charge in [0.2, 0.25) is 0 Å². The summed E-state index contributed by atoms with van der Waals surface area (Å²) in [6.45, 7) is 1.97. The van der Waals surface area contributed by atoms with Crippen molar-refractivity contribution in [1.29, 1.82) is 0 Å². The molecule has 0 saturated carbocycles. The number of hydrogen-bond donors (Lipinski definition) is 0. The molecule has 3 rings (SSSR count). The van der Waals surface area contributed by atoms with Crippen LogP contribution in [-0.4, -0.2) is 41.3 Å². The van der Waals surface area contributed by atoms with Crippen molar-refractivity contribution in [2.45, 2.75) is 11.8 Å². The minimum atomic E-state index is -4.09. The van der Waals surface area contributed by atoms with Gasteiger partial charge in [-0.05, 0) is 36.8 Å². The monoisotopic (exact) mass is 411 g/mol. The molecule has 0 spiro atoms. The second kappa shape index (κ2) is 7.66. The van der Waals surface area contributed by atoms with Crippen LogP contribution in [0.15, 0.2) is 41.3 Å². The lowest BCUT2D eigenvalue weighted by molar-refractivity contribution is -0.138. The number of sulfonamides is 1. The topological polar surface area (TPSA) is 82.1 Å². The molecule has 0 aromatic heterocycles. The zero-order valence-corrected chi connectivity index (χ0v) is 16.3. The summed E-state index contributed by atoms with van der Waals surface area (Å²) in [7, 11) is -2.90. The third-order valence-corrected chi connectivity index (χ3v) is 6.03. The fourth-order valence-corrected chi connectivity index (χ4v) is 4.29. The highest BCUT2D eigenvalue weighted by Crippen LogP contribution is 2.35. The van der Waals surface area contributed by atoms with E-state index in [0.29, 0.717) is 41.0 Å². The number of carbonyl (C=O) groups is 1. The van der Waals surface area contributed by atoms with E-state index in [1.165, 1.54) is 31.4 Å². The van der Waals surface area contributed by atoms with Gasteiger partial charge in [-0.1, -0.05) is 17.7 Å². The number of carbonyl (C=O) groups excluding carboxylic acids is 1. The lowest BCUT2D eigenvalue weighted by Crippen LogP contribution is -2.36. The average molecular weight is 412 g/mol. The normalized spacial score (nSPS) is 13.1. The number of anilines is 1. The van der Waals surface area contributed by atoms with Gasteiger partial charge in [0, 0.05) is 11.1 Å². The van der Waals surface area contributed by atoms with E-state index in [1.54, 1.807) is 19.1 Å². The average Bonchev–Trinajstić information content (AvgIpc) is 2.67. The smallest absolute Gasteiger partial charge is 0.326 e. The molecule has 2 aromatic carbocycles. The van der Waals surface area contributed by atoms with E-state index < -0.39 is 22.5 Å². The third kappa shape index (κ3) is 3.96. The molecule has 2 aromatic rings. The van der Waals surface area contributed by atoms with Gasteiger partial charge in [-0.15, -0.1) is 0 Å². The van der Waals surface area contributed by atoms with Crippen LogP contribution < -0.4 is 13.8 Å². The van der Waals surface area contributed by atoms with Crippen LogP contribution in [0.3, 0.4) is 0 Å². The largest absolute Gasteiger partial charge is 0.486 e. The Morgan fingerprint density at radius 2 is 1.85 bits per heavy atom. The Kier molecular flexibility index (Phi) is 5.48. The molecule has 7 nitrogen and oxygen atoms in total. The second-order valence-electron chi connectivity index (χ2n) is 5.82. The molecule has 144 valence electrons. The van der Waals surface area contributed by atoms with Crippen LogP contribution in [0, 0.1) is 6.92 Å². The van der Waals surface area contributed by atoms with E-state index in [9.17, 15) is 13.2 Å². The van der Waals surface area contributed by atoms with Gasteiger partial charge < -0.3 is 14.2 Å². The number of halogens is 1. The van der Waals surface area contributed by atoms with E-state index in [2.05, 4.69) is 4.74 Å². The summed E-state index contributed by atoms with van der Waals surface area (Å²) in [5.74, 6) is 0.109. The molecular weight excluding hydrogens is 394 g/mol. The zero-order chi connectivity index (χ0) is 19.6. The summed E-state index contributed by atoms with van der Waals surface area (Å²) in [4.78, 5) is 11.9. The molecule has 9 heteroatoms. The highest BCUT2D eigenvalue weighted by atomic mass is 35.5. The molecular formula is C18H18ClNO6S. The summed E-state index contributed by atoms with van der Waals surface area (Å²) >= 11 is 6.05. The van der Waals surface area contributed by atoms with Gasteiger partial charge in [-0.2, -0.15) is 0 Å². The maximum atomic E-state index is 13.3. The molecule has 0 bridgehead atoms. The van der Waals surface area contributed by atoms with E-state index in [4.69, 9.17) is 21.1 Å². The number of fused-ring (bicyclic) bond motifs is 1. The number of rotatable bonds is 5. The van der Waals surface area contributed by atoms with Gasteiger partial charge in [-0.3, -0.25) is 9.10 Å². The Bertz CT molecular complexity index is 976. The fraction of sp³-hybridized carbons (Fsp3) is 0.278. The van der Waals surface area contributed by atoms with E-state index in [0.717, 1.165) is 4.31 Å². The Balaban J connectivity index is 2.10. The molecule has 1 aliphatic heterocycles. The molecule has 0 amide bonds. The van der Waals surface area contributed by atoms with Crippen LogP contribution >= 0.6 is 11.6 Å². The van der Waals surface area contributed by atoms with Crippen LogP contribution in [0.2, 0.25) is 5.02 Å². The van der Waals surface area contributed by atoms with Crippen molar-refractivity contribution in [3.05, 3.63) is 47.0 Å². The molecule has 1 heterocycles. The van der Waals surface area contributed by atoms with Gasteiger partial charge in [-0.25, -0.2) is 8.42 Å². The third-order valence-electron chi connectivity index (χ3n) is 4.04. The summed E-state index contributed by atoms with van der Waals surface area (Å²) < 4.78 is 43.2. The second-order valence-corrected chi connectivity index (χ2v) is 8.12. The first-order chi connectivity index (χ1) is 12.8. The Morgan fingerprint density at radius 3 is 2.56 bits per heavy atom. The molecule has 0 aliphatic carbocycles. The first-order valence-corrected chi connectivity index (χ1v) is 9.90. The minimum Gasteiger partial charge on any atom is -0.486 e. The standard InChI is InChI=1S/C18H18ClNO6S/c1-12-3-4-13(19)9-15(12)20(11-18(21)24-2)27(22,23)14-5-6-16-17(10-14)26-8-7-25-16/h3-6,9-10H,7-8,11H2,1-2H3. The van der Waals surface area contributed by atoms with Crippen LogP contribution in [-0.2, 0) is 19.6 Å². The Morgan fingerprint density at radius 1 is 1.15 bits per heavy atom. The van der Waals surface area contributed by atoms with Crippen molar-refractivity contribution in [1.82, 2.24) is 0 Å². The van der Waals surface area contributed by atoms with Gasteiger partial charge in [0.15, 0.2) is 11.5 Å². The molecule has 0 unspecified atom stereocenters. The number of ether oxygens (including phenoxy) is 3. The number of hydrogen-bond acceptors (Lipinski definition) is 6. The number of aryl methyl sites for hydroxylation is 1. The number of esters is 1. The van der Waals surface area contributed by atoms with Crippen molar-refractivity contribution >= 4 is 33.3 Å². The van der Waals surface area contributed by atoms with Crippen molar-refractivity contribution in [2.24, 2.45) is 0 Å². The molecule has 0 N–H and O–H groups in total. The summed E-state index contributed by atoms with van der Waals surface area (Å²) in [6.07, 6.45) is 0. The highest BCUT2D eigenvalue weighted by Gasteiger charge is 2.30. The number of benzene rings is 2. The van der Waals surface area contributed by atoms with E-state index >= 15 is 0 Å². The molecule has 0 atom stereocenters. The van der Waals surface area contributed by atoms with Crippen LogP contribution in [0.4, 0.5) is 5.69 Å². The number of nitrogens with zero attached hydrogens (tertiary/aromatic N) is 1. The van der Waals surface area contributed by atoms with Crippen LogP contribution in [0.25, 0.3) is 0 Å². The van der Waals surface area contributed by atoms with Crippen molar-refractivity contribution < 1.29 is 27.4 Å². The summed E-state index contributed by atoms with van der Waals surface area (Å²) in [6, 6.07) is 9.15. The predicted molar refractivity (Wildman–Crippen MR) is 100 cm³/mol. The van der Waals surface area contributed by atoms with Gasteiger partial charge in [0.05, 0.1) is 17.7 Å². The highest BCUT2D eigenvalue weighted by molar-refractivity contribution is 7.92. The van der Waals surface area contributed by atoms with Gasteiger partial charge >= 0.3 is 5.97 Å². The zero-order valence-electron chi connectivity index (χ0n) is 14.8.